The second kappa shape index (κ2) is 5.66. The van der Waals surface area contributed by atoms with E-state index in [-0.39, 0.29) is 0 Å². The van der Waals surface area contributed by atoms with Crippen LogP contribution in [0.2, 0.25) is 0 Å². The Hall–Kier alpha value is -1.83. The SMILES string of the molecule is Cc1ncccc1NC(C)c1ccc2c(c1)CCCC2. The molecule has 1 atom stereocenters. The van der Waals surface area contributed by atoms with Gasteiger partial charge in [-0.25, -0.2) is 0 Å². The van der Waals surface area contributed by atoms with Crippen LogP contribution in [0.3, 0.4) is 0 Å². The van der Waals surface area contributed by atoms with Crippen molar-refractivity contribution in [3.8, 4) is 0 Å². The van der Waals surface area contributed by atoms with Crippen molar-refractivity contribution in [2.24, 2.45) is 0 Å². The summed E-state index contributed by atoms with van der Waals surface area (Å²) >= 11 is 0. The Morgan fingerprint density at radius 2 is 1.90 bits per heavy atom. The van der Waals surface area contributed by atoms with Gasteiger partial charge in [-0.1, -0.05) is 18.2 Å². The van der Waals surface area contributed by atoms with Crippen molar-refractivity contribution in [1.29, 1.82) is 0 Å². The normalized spacial score (nSPS) is 15.5. The molecule has 2 heteroatoms. The zero-order valence-corrected chi connectivity index (χ0v) is 12.3. The summed E-state index contributed by atoms with van der Waals surface area (Å²) in [6.07, 6.45) is 7.00. The molecule has 20 heavy (non-hydrogen) atoms. The summed E-state index contributed by atoms with van der Waals surface area (Å²) in [5.41, 5.74) is 6.64. The van der Waals surface area contributed by atoms with Gasteiger partial charge < -0.3 is 5.32 Å². The number of aryl methyl sites for hydroxylation is 3. The molecule has 0 aliphatic heterocycles. The fourth-order valence-electron chi connectivity index (χ4n) is 2.98. The molecule has 1 aromatic carbocycles. The van der Waals surface area contributed by atoms with Crippen molar-refractivity contribution >= 4 is 5.69 Å². The maximum absolute atomic E-state index is 4.33. The second-order valence-electron chi connectivity index (χ2n) is 5.74. The maximum Gasteiger partial charge on any atom is 0.0603 e. The largest absolute Gasteiger partial charge is 0.377 e. The van der Waals surface area contributed by atoms with E-state index in [4.69, 9.17) is 0 Å². The molecule has 0 spiro atoms. The average Bonchev–Trinajstić information content (AvgIpc) is 2.49. The summed E-state index contributed by atoms with van der Waals surface area (Å²) in [7, 11) is 0. The van der Waals surface area contributed by atoms with Gasteiger partial charge in [0, 0.05) is 12.2 Å². The number of nitrogens with one attached hydrogen (secondary N) is 1. The molecule has 0 radical (unpaired) electrons. The first-order chi connectivity index (χ1) is 9.74. The van der Waals surface area contributed by atoms with Gasteiger partial charge in [0.15, 0.2) is 0 Å². The molecule has 2 aromatic rings. The van der Waals surface area contributed by atoms with Crippen LogP contribution in [0.4, 0.5) is 5.69 Å². The van der Waals surface area contributed by atoms with Crippen molar-refractivity contribution in [3.05, 3.63) is 58.9 Å². The van der Waals surface area contributed by atoms with E-state index in [1.807, 2.05) is 19.2 Å². The monoisotopic (exact) mass is 266 g/mol. The third-order valence-electron chi connectivity index (χ3n) is 4.25. The van der Waals surface area contributed by atoms with Crippen molar-refractivity contribution in [2.45, 2.75) is 45.6 Å². The highest BCUT2D eigenvalue weighted by Gasteiger charge is 2.12. The molecule has 0 fully saturated rings. The Bertz CT molecular complexity index is 604. The molecule has 104 valence electrons. The van der Waals surface area contributed by atoms with Gasteiger partial charge in [-0.2, -0.15) is 0 Å². The Morgan fingerprint density at radius 3 is 2.70 bits per heavy atom. The quantitative estimate of drug-likeness (QED) is 0.888. The molecular formula is C18H22N2. The molecule has 1 heterocycles. The van der Waals surface area contributed by atoms with Gasteiger partial charge in [0.1, 0.15) is 0 Å². The van der Waals surface area contributed by atoms with E-state index in [1.54, 1.807) is 11.1 Å². The molecule has 1 aliphatic carbocycles. The minimum Gasteiger partial charge on any atom is -0.377 e. The zero-order valence-electron chi connectivity index (χ0n) is 12.3. The minimum absolute atomic E-state index is 0.310. The van der Waals surface area contributed by atoms with Crippen LogP contribution in [0.5, 0.6) is 0 Å². The van der Waals surface area contributed by atoms with Gasteiger partial charge >= 0.3 is 0 Å². The van der Waals surface area contributed by atoms with E-state index < -0.39 is 0 Å². The highest BCUT2D eigenvalue weighted by Crippen LogP contribution is 2.26. The first-order valence-corrected chi connectivity index (χ1v) is 7.54. The number of rotatable bonds is 3. The standard InChI is InChI=1S/C18H22N2/c1-13(20-18-8-5-11-19-14(18)2)16-10-9-15-6-3-4-7-17(15)12-16/h5,8-13,20H,3-4,6-7H2,1-2H3. The Labute approximate surface area is 121 Å². The Balaban J connectivity index is 1.80. The lowest BCUT2D eigenvalue weighted by Crippen LogP contribution is -2.10. The molecule has 0 saturated carbocycles. The lowest BCUT2D eigenvalue weighted by molar-refractivity contribution is 0.683. The fourth-order valence-corrected chi connectivity index (χ4v) is 2.98. The van der Waals surface area contributed by atoms with Gasteiger partial charge in [-0.05, 0) is 68.4 Å². The van der Waals surface area contributed by atoms with E-state index >= 15 is 0 Å². The number of anilines is 1. The lowest BCUT2D eigenvalue weighted by Gasteiger charge is -2.21. The van der Waals surface area contributed by atoms with E-state index in [2.05, 4.69) is 41.5 Å². The number of hydrogen-bond acceptors (Lipinski definition) is 2. The molecule has 0 saturated heterocycles. The molecular weight excluding hydrogens is 244 g/mol. The average molecular weight is 266 g/mol. The molecule has 1 aliphatic rings. The highest BCUT2D eigenvalue weighted by atomic mass is 14.9. The first-order valence-electron chi connectivity index (χ1n) is 7.54. The molecule has 1 unspecified atom stereocenters. The van der Waals surface area contributed by atoms with Crippen LogP contribution in [0.1, 0.15) is 48.2 Å². The summed E-state index contributed by atoms with van der Waals surface area (Å²) < 4.78 is 0. The smallest absolute Gasteiger partial charge is 0.0603 e. The third-order valence-corrected chi connectivity index (χ3v) is 4.25. The van der Waals surface area contributed by atoms with Crippen LogP contribution in [0.15, 0.2) is 36.5 Å². The fraction of sp³-hybridized carbons (Fsp3) is 0.389. The van der Waals surface area contributed by atoms with Crippen LogP contribution in [-0.2, 0) is 12.8 Å². The van der Waals surface area contributed by atoms with Crippen molar-refractivity contribution in [1.82, 2.24) is 4.98 Å². The molecule has 2 nitrogen and oxygen atoms in total. The number of nitrogens with zero attached hydrogens (tertiary/aromatic N) is 1. The molecule has 1 N–H and O–H groups in total. The summed E-state index contributed by atoms with van der Waals surface area (Å²) in [6, 6.07) is 11.4. The number of aromatic nitrogens is 1. The Morgan fingerprint density at radius 1 is 1.10 bits per heavy atom. The maximum atomic E-state index is 4.33. The number of fused-ring (bicyclic) bond motifs is 1. The van der Waals surface area contributed by atoms with Crippen LogP contribution in [0, 0.1) is 6.92 Å². The van der Waals surface area contributed by atoms with E-state index in [9.17, 15) is 0 Å². The van der Waals surface area contributed by atoms with Crippen molar-refractivity contribution in [2.75, 3.05) is 5.32 Å². The summed E-state index contributed by atoms with van der Waals surface area (Å²) in [6.45, 7) is 4.26. The lowest BCUT2D eigenvalue weighted by atomic mass is 9.89. The van der Waals surface area contributed by atoms with Gasteiger partial charge in [0.05, 0.1) is 11.4 Å². The van der Waals surface area contributed by atoms with Crippen molar-refractivity contribution < 1.29 is 0 Å². The van der Waals surface area contributed by atoms with Gasteiger partial charge in [-0.3, -0.25) is 4.98 Å². The van der Waals surface area contributed by atoms with Crippen molar-refractivity contribution in [3.63, 3.8) is 0 Å². The predicted molar refractivity (Wildman–Crippen MR) is 84.1 cm³/mol. The third kappa shape index (κ3) is 2.69. The van der Waals surface area contributed by atoms with E-state index in [0.29, 0.717) is 6.04 Å². The van der Waals surface area contributed by atoms with E-state index in [1.165, 1.54) is 31.2 Å². The van der Waals surface area contributed by atoms with Crippen LogP contribution >= 0.6 is 0 Å². The number of benzene rings is 1. The summed E-state index contributed by atoms with van der Waals surface area (Å²) in [5.74, 6) is 0. The predicted octanol–water partition coefficient (Wildman–Crippen LogP) is 4.44. The zero-order chi connectivity index (χ0) is 13.9. The number of hydrogen-bond donors (Lipinski definition) is 1. The highest BCUT2D eigenvalue weighted by molar-refractivity contribution is 5.49. The Kier molecular flexibility index (Phi) is 3.72. The van der Waals surface area contributed by atoms with Crippen LogP contribution < -0.4 is 5.32 Å². The van der Waals surface area contributed by atoms with Gasteiger partial charge in [-0.15, -0.1) is 0 Å². The summed E-state index contributed by atoms with van der Waals surface area (Å²) in [4.78, 5) is 4.33. The van der Waals surface area contributed by atoms with E-state index in [0.717, 1.165) is 11.4 Å². The second-order valence-corrected chi connectivity index (χ2v) is 5.74. The minimum atomic E-state index is 0.310. The topological polar surface area (TPSA) is 24.9 Å². The van der Waals surface area contributed by atoms with Gasteiger partial charge in [0.2, 0.25) is 0 Å². The van der Waals surface area contributed by atoms with Crippen LogP contribution in [0.25, 0.3) is 0 Å². The summed E-state index contributed by atoms with van der Waals surface area (Å²) in [5, 5.41) is 3.57. The molecule has 3 rings (SSSR count). The number of pyridine rings is 1. The van der Waals surface area contributed by atoms with Crippen LogP contribution in [-0.4, -0.2) is 4.98 Å². The molecule has 0 bridgehead atoms. The molecule has 1 aromatic heterocycles. The van der Waals surface area contributed by atoms with Gasteiger partial charge in [0.25, 0.3) is 0 Å². The molecule has 0 amide bonds. The first kappa shape index (κ1) is 13.2.